The van der Waals surface area contributed by atoms with Crippen LogP contribution in [0.25, 0.3) is 0 Å². The Morgan fingerprint density at radius 2 is 2.24 bits per heavy atom. The summed E-state index contributed by atoms with van der Waals surface area (Å²) >= 11 is 0. The molecule has 1 saturated carbocycles. The van der Waals surface area contributed by atoms with Gasteiger partial charge in [-0.05, 0) is 49.3 Å². The standard InChI is InChI=1S/C14H22N2O/c1-3-17-13-6-4-5-12(9-13)14(16-15)10(2)11-7-8-11/h4-6,9-11,14,16H,3,7-8,15H2,1-2H3. The van der Waals surface area contributed by atoms with E-state index in [0.717, 1.165) is 11.7 Å². The largest absolute Gasteiger partial charge is 0.494 e. The predicted molar refractivity (Wildman–Crippen MR) is 69.6 cm³/mol. The maximum Gasteiger partial charge on any atom is 0.119 e. The Morgan fingerprint density at radius 1 is 1.47 bits per heavy atom. The molecule has 0 amide bonds. The monoisotopic (exact) mass is 234 g/mol. The third kappa shape index (κ3) is 2.99. The summed E-state index contributed by atoms with van der Waals surface area (Å²) in [5.74, 6) is 8.03. The van der Waals surface area contributed by atoms with Crippen LogP contribution in [0.15, 0.2) is 24.3 Å². The lowest BCUT2D eigenvalue weighted by molar-refractivity contribution is 0.333. The van der Waals surface area contributed by atoms with Gasteiger partial charge >= 0.3 is 0 Å². The first-order valence-corrected chi connectivity index (χ1v) is 6.45. The van der Waals surface area contributed by atoms with Crippen molar-refractivity contribution in [2.75, 3.05) is 6.61 Å². The second kappa shape index (κ2) is 5.52. The second-order valence-corrected chi connectivity index (χ2v) is 4.85. The quantitative estimate of drug-likeness (QED) is 0.587. The highest BCUT2D eigenvalue weighted by Crippen LogP contribution is 2.42. The Bertz CT molecular complexity index is 363. The first kappa shape index (κ1) is 12.4. The molecule has 94 valence electrons. The zero-order valence-electron chi connectivity index (χ0n) is 10.6. The van der Waals surface area contributed by atoms with E-state index in [1.165, 1.54) is 18.4 Å². The lowest BCUT2D eigenvalue weighted by Gasteiger charge is -2.24. The Morgan fingerprint density at radius 3 is 2.82 bits per heavy atom. The molecule has 1 aliphatic rings. The fraction of sp³-hybridized carbons (Fsp3) is 0.571. The molecule has 2 atom stereocenters. The average molecular weight is 234 g/mol. The van der Waals surface area contributed by atoms with E-state index in [1.807, 2.05) is 19.1 Å². The molecule has 1 aromatic carbocycles. The fourth-order valence-electron chi connectivity index (χ4n) is 2.41. The van der Waals surface area contributed by atoms with Crippen molar-refractivity contribution < 1.29 is 4.74 Å². The number of hydrogen-bond donors (Lipinski definition) is 2. The lowest BCUT2D eigenvalue weighted by atomic mass is 9.91. The van der Waals surface area contributed by atoms with Crippen molar-refractivity contribution in [3.8, 4) is 5.75 Å². The molecule has 0 bridgehead atoms. The van der Waals surface area contributed by atoms with Crippen LogP contribution in [0, 0.1) is 11.8 Å². The van der Waals surface area contributed by atoms with E-state index in [9.17, 15) is 0 Å². The van der Waals surface area contributed by atoms with Crippen LogP contribution in [-0.2, 0) is 0 Å². The van der Waals surface area contributed by atoms with Crippen molar-refractivity contribution >= 4 is 0 Å². The predicted octanol–water partition coefficient (Wildman–Crippen LogP) is 2.64. The highest BCUT2D eigenvalue weighted by atomic mass is 16.5. The molecule has 0 aromatic heterocycles. The second-order valence-electron chi connectivity index (χ2n) is 4.85. The minimum absolute atomic E-state index is 0.225. The molecule has 3 heteroatoms. The van der Waals surface area contributed by atoms with Crippen molar-refractivity contribution in [3.63, 3.8) is 0 Å². The van der Waals surface area contributed by atoms with Gasteiger partial charge in [-0.2, -0.15) is 0 Å². The highest BCUT2D eigenvalue weighted by molar-refractivity contribution is 5.31. The molecule has 1 aliphatic carbocycles. The van der Waals surface area contributed by atoms with Gasteiger partial charge in [-0.25, -0.2) is 0 Å². The van der Waals surface area contributed by atoms with Crippen molar-refractivity contribution in [1.29, 1.82) is 0 Å². The van der Waals surface area contributed by atoms with Crippen LogP contribution in [0.5, 0.6) is 5.75 Å². The van der Waals surface area contributed by atoms with Gasteiger partial charge in [-0.3, -0.25) is 11.3 Å². The van der Waals surface area contributed by atoms with Gasteiger partial charge in [0.05, 0.1) is 6.61 Å². The number of hydrogen-bond acceptors (Lipinski definition) is 3. The zero-order chi connectivity index (χ0) is 12.3. The van der Waals surface area contributed by atoms with Gasteiger partial charge in [0.25, 0.3) is 0 Å². The van der Waals surface area contributed by atoms with E-state index < -0.39 is 0 Å². The summed E-state index contributed by atoms with van der Waals surface area (Å²) in [5.41, 5.74) is 4.17. The molecule has 17 heavy (non-hydrogen) atoms. The Labute approximate surface area is 103 Å². The van der Waals surface area contributed by atoms with Crippen LogP contribution in [-0.4, -0.2) is 6.61 Å². The summed E-state index contributed by atoms with van der Waals surface area (Å²) in [5, 5.41) is 0. The number of rotatable bonds is 6. The summed E-state index contributed by atoms with van der Waals surface area (Å²) in [6.45, 7) is 4.97. The maximum absolute atomic E-state index is 5.70. The van der Waals surface area contributed by atoms with Gasteiger partial charge in [0.1, 0.15) is 5.75 Å². The SMILES string of the molecule is CCOc1cccc(C(NN)C(C)C2CC2)c1. The summed E-state index contributed by atoms with van der Waals surface area (Å²) in [7, 11) is 0. The van der Waals surface area contributed by atoms with Crippen LogP contribution in [0.2, 0.25) is 0 Å². The van der Waals surface area contributed by atoms with E-state index in [1.54, 1.807) is 0 Å². The van der Waals surface area contributed by atoms with Gasteiger partial charge in [-0.1, -0.05) is 19.1 Å². The third-order valence-electron chi connectivity index (χ3n) is 3.60. The van der Waals surface area contributed by atoms with Crippen molar-refractivity contribution in [2.45, 2.75) is 32.7 Å². The smallest absolute Gasteiger partial charge is 0.119 e. The van der Waals surface area contributed by atoms with Gasteiger partial charge in [0.2, 0.25) is 0 Å². The number of hydrazine groups is 1. The summed E-state index contributed by atoms with van der Waals surface area (Å²) in [6, 6.07) is 8.45. The Balaban J connectivity index is 2.14. The van der Waals surface area contributed by atoms with Crippen molar-refractivity contribution in [3.05, 3.63) is 29.8 Å². The summed E-state index contributed by atoms with van der Waals surface area (Å²) < 4.78 is 5.53. The molecule has 3 nitrogen and oxygen atoms in total. The molecule has 0 saturated heterocycles. The molecule has 0 radical (unpaired) electrons. The molecule has 3 N–H and O–H groups in total. The molecule has 2 unspecified atom stereocenters. The van der Waals surface area contributed by atoms with E-state index in [-0.39, 0.29) is 6.04 Å². The molecule has 2 rings (SSSR count). The van der Waals surface area contributed by atoms with Crippen molar-refractivity contribution in [1.82, 2.24) is 5.43 Å². The molecular weight excluding hydrogens is 212 g/mol. The zero-order valence-corrected chi connectivity index (χ0v) is 10.6. The Hall–Kier alpha value is -1.06. The van der Waals surface area contributed by atoms with E-state index in [0.29, 0.717) is 12.5 Å². The van der Waals surface area contributed by atoms with Crippen LogP contribution in [0.3, 0.4) is 0 Å². The molecular formula is C14H22N2O. The summed E-state index contributed by atoms with van der Waals surface area (Å²) in [6.07, 6.45) is 2.68. The number of nitrogens with one attached hydrogen (secondary N) is 1. The number of benzene rings is 1. The first-order chi connectivity index (χ1) is 8.26. The normalized spacial score (nSPS) is 18.8. The fourth-order valence-corrected chi connectivity index (χ4v) is 2.41. The Kier molecular flexibility index (Phi) is 4.02. The molecule has 0 aliphatic heterocycles. The third-order valence-corrected chi connectivity index (χ3v) is 3.60. The lowest BCUT2D eigenvalue weighted by Crippen LogP contribution is -2.33. The van der Waals surface area contributed by atoms with E-state index in [2.05, 4.69) is 24.5 Å². The number of nitrogens with two attached hydrogens (primary N) is 1. The van der Waals surface area contributed by atoms with Crippen LogP contribution in [0.4, 0.5) is 0 Å². The van der Waals surface area contributed by atoms with Gasteiger partial charge < -0.3 is 4.74 Å². The van der Waals surface area contributed by atoms with Gasteiger partial charge in [0.15, 0.2) is 0 Å². The minimum atomic E-state index is 0.225. The first-order valence-electron chi connectivity index (χ1n) is 6.45. The average Bonchev–Trinajstić information content (AvgIpc) is 3.14. The topological polar surface area (TPSA) is 47.3 Å². The highest BCUT2D eigenvalue weighted by Gasteiger charge is 2.33. The van der Waals surface area contributed by atoms with Gasteiger partial charge in [0, 0.05) is 6.04 Å². The van der Waals surface area contributed by atoms with E-state index in [4.69, 9.17) is 10.6 Å². The van der Waals surface area contributed by atoms with Crippen LogP contribution in [0.1, 0.15) is 38.3 Å². The maximum atomic E-state index is 5.70. The van der Waals surface area contributed by atoms with Crippen LogP contribution < -0.4 is 16.0 Å². The molecule has 1 aromatic rings. The van der Waals surface area contributed by atoms with E-state index >= 15 is 0 Å². The molecule has 0 spiro atoms. The van der Waals surface area contributed by atoms with Gasteiger partial charge in [-0.15, -0.1) is 0 Å². The minimum Gasteiger partial charge on any atom is -0.494 e. The molecule has 1 fully saturated rings. The number of ether oxygens (including phenoxy) is 1. The van der Waals surface area contributed by atoms with Crippen LogP contribution >= 0.6 is 0 Å². The van der Waals surface area contributed by atoms with Crippen molar-refractivity contribution in [2.24, 2.45) is 17.7 Å². The summed E-state index contributed by atoms with van der Waals surface area (Å²) in [4.78, 5) is 0. The molecule has 0 heterocycles.